The SMILES string of the molecule is CN(CCn1ccc([N+](=O)[O-])n1)CC(=O)Nc1ccc(Br)cn1. The van der Waals surface area contributed by atoms with E-state index in [1.165, 1.54) is 16.9 Å². The van der Waals surface area contributed by atoms with Gasteiger partial charge in [0.05, 0.1) is 30.5 Å². The van der Waals surface area contributed by atoms with Crippen molar-refractivity contribution in [3.8, 4) is 0 Å². The lowest BCUT2D eigenvalue weighted by atomic mass is 10.4. The Balaban J connectivity index is 1.77. The van der Waals surface area contributed by atoms with E-state index in [9.17, 15) is 14.9 Å². The van der Waals surface area contributed by atoms with E-state index >= 15 is 0 Å². The summed E-state index contributed by atoms with van der Waals surface area (Å²) in [5, 5.41) is 17.1. The highest BCUT2D eigenvalue weighted by molar-refractivity contribution is 9.10. The molecule has 0 spiro atoms. The zero-order chi connectivity index (χ0) is 16.8. The summed E-state index contributed by atoms with van der Waals surface area (Å²) in [5.41, 5.74) is 0. The zero-order valence-electron chi connectivity index (χ0n) is 12.3. The third kappa shape index (κ3) is 5.42. The van der Waals surface area contributed by atoms with E-state index in [2.05, 4.69) is 31.3 Å². The van der Waals surface area contributed by atoms with Crippen LogP contribution in [0.15, 0.2) is 35.1 Å². The van der Waals surface area contributed by atoms with Crippen LogP contribution in [0.4, 0.5) is 11.6 Å². The molecule has 1 N–H and O–H groups in total. The number of hydrogen-bond donors (Lipinski definition) is 1. The van der Waals surface area contributed by atoms with Crippen LogP contribution in [0.5, 0.6) is 0 Å². The average Bonchev–Trinajstić information content (AvgIpc) is 2.97. The largest absolute Gasteiger partial charge is 0.389 e. The fourth-order valence-electron chi connectivity index (χ4n) is 1.80. The van der Waals surface area contributed by atoms with Crippen LogP contribution in [-0.2, 0) is 11.3 Å². The molecule has 0 bridgehead atoms. The molecule has 10 heteroatoms. The minimum Gasteiger partial charge on any atom is -0.358 e. The molecule has 1 amide bonds. The van der Waals surface area contributed by atoms with Gasteiger partial charge in [-0.1, -0.05) is 0 Å². The van der Waals surface area contributed by atoms with Crippen LogP contribution in [0.1, 0.15) is 0 Å². The molecule has 0 radical (unpaired) electrons. The molecule has 2 aromatic heterocycles. The van der Waals surface area contributed by atoms with E-state index in [1.807, 2.05) is 0 Å². The second-order valence-electron chi connectivity index (χ2n) is 4.84. The summed E-state index contributed by atoms with van der Waals surface area (Å²) in [4.78, 5) is 27.8. The summed E-state index contributed by atoms with van der Waals surface area (Å²) in [6.07, 6.45) is 3.14. The van der Waals surface area contributed by atoms with E-state index < -0.39 is 4.92 Å². The van der Waals surface area contributed by atoms with Gasteiger partial charge in [0.25, 0.3) is 0 Å². The van der Waals surface area contributed by atoms with Gasteiger partial charge in [-0.05, 0) is 40.0 Å². The second-order valence-corrected chi connectivity index (χ2v) is 5.76. The van der Waals surface area contributed by atoms with Crippen LogP contribution >= 0.6 is 15.9 Å². The highest BCUT2D eigenvalue weighted by Crippen LogP contribution is 2.10. The molecule has 0 saturated heterocycles. The molecule has 0 unspecified atom stereocenters. The molecule has 9 nitrogen and oxygen atoms in total. The van der Waals surface area contributed by atoms with Gasteiger partial charge in [-0.25, -0.2) is 4.98 Å². The molecule has 0 aliphatic rings. The molecule has 2 rings (SSSR count). The highest BCUT2D eigenvalue weighted by Gasteiger charge is 2.12. The third-order valence-corrected chi connectivity index (χ3v) is 3.40. The van der Waals surface area contributed by atoms with Crippen molar-refractivity contribution in [2.75, 3.05) is 25.5 Å². The molecule has 0 saturated carbocycles. The number of carbonyl (C=O) groups is 1. The molecule has 122 valence electrons. The van der Waals surface area contributed by atoms with Gasteiger partial charge in [0.1, 0.15) is 5.82 Å². The van der Waals surface area contributed by atoms with E-state index in [0.717, 1.165) is 4.47 Å². The van der Waals surface area contributed by atoms with E-state index in [1.54, 1.807) is 30.3 Å². The monoisotopic (exact) mass is 382 g/mol. The van der Waals surface area contributed by atoms with E-state index in [-0.39, 0.29) is 18.3 Å². The number of carbonyl (C=O) groups excluding carboxylic acids is 1. The van der Waals surface area contributed by atoms with Crippen LogP contribution in [0, 0.1) is 10.1 Å². The van der Waals surface area contributed by atoms with E-state index in [4.69, 9.17) is 0 Å². The number of amides is 1. The second kappa shape index (κ2) is 7.79. The first-order valence-corrected chi connectivity index (χ1v) is 7.51. The zero-order valence-corrected chi connectivity index (χ0v) is 13.9. The Morgan fingerprint density at radius 2 is 2.26 bits per heavy atom. The topological polar surface area (TPSA) is 106 Å². The predicted octanol–water partition coefficient (Wildman–Crippen LogP) is 1.52. The molecular formula is C13H15BrN6O3. The maximum atomic E-state index is 11.9. The minimum absolute atomic E-state index is 0.182. The van der Waals surface area contributed by atoms with E-state index in [0.29, 0.717) is 18.9 Å². The maximum Gasteiger partial charge on any atom is 0.389 e. The molecule has 2 heterocycles. The van der Waals surface area contributed by atoms with Crippen molar-refractivity contribution in [3.05, 3.63) is 45.2 Å². The number of likely N-dealkylation sites (N-methyl/N-ethyl adjacent to an activating group) is 1. The summed E-state index contributed by atoms with van der Waals surface area (Å²) in [7, 11) is 1.78. The van der Waals surface area contributed by atoms with Crippen molar-refractivity contribution < 1.29 is 9.72 Å². The Morgan fingerprint density at radius 3 is 2.87 bits per heavy atom. The Bertz CT molecular complexity index is 687. The number of halogens is 1. The maximum absolute atomic E-state index is 11.9. The van der Waals surface area contributed by atoms with Gasteiger partial charge in [-0.2, -0.15) is 4.68 Å². The molecule has 0 fully saturated rings. The Hall–Kier alpha value is -2.33. The first-order valence-electron chi connectivity index (χ1n) is 6.72. The first-order chi connectivity index (χ1) is 10.9. The average molecular weight is 383 g/mol. The first kappa shape index (κ1) is 17.0. The smallest absolute Gasteiger partial charge is 0.358 e. The summed E-state index contributed by atoms with van der Waals surface area (Å²) in [6, 6.07) is 4.83. The number of nitrogens with one attached hydrogen (secondary N) is 1. The summed E-state index contributed by atoms with van der Waals surface area (Å²) >= 11 is 3.27. The van der Waals surface area contributed by atoms with Crippen molar-refractivity contribution in [2.45, 2.75) is 6.54 Å². The lowest BCUT2D eigenvalue weighted by molar-refractivity contribution is -0.389. The van der Waals surface area contributed by atoms with Gasteiger partial charge in [0.2, 0.25) is 5.91 Å². The Kier molecular flexibility index (Phi) is 5.77. The number of nitro groups is 1. The molecule has 23 heavy (non-hydrogen) atoms. The molecule has 2 aromatic rings. The van der Waals surface area contributed by atoms with Crippen molar-refractivity contribution in [2.24, 2.45) is 0 Å². The normalized spacial score (nSPS) is 10.7. The predicted molar refractivity (Wildman–Crippen MR) is 86.9 cm³/mol. The van der Waals surface area contributed by atoms with Gasteiger partial charge in [-0.15, -0.1) is 0 Å². The number of hydrogen-bond acceptors (Lipinski definition) is 6. The van der Waals surface area contributed by atoms with Crippen molar-refractivity contribution >= 4 is 33.5 Å². The van der Waals surface area contributed by atoms with Crippen LogP contribution in [0.2, 0.25) is 0 Å². The van der Waals surface area contributed by atoms with Crippen LogP contribution in [0.3, 0.4) is 0 Å². The lowest BCUT2D eigenvalue weighted by Gasteiger charge is -2.15. The number of nitrogens with zero attached hydrogens (tertiary/aromatic N) is 5. The van der Waals surface area contributed by atoms with Gasteiger partial charge in [0.15, 0.2) is 0 Å². The Labute approximate surface area is 140 Å². The van der Waals surface area contributed by atoms with Gasteiger partial charge >= 0.3 is 5.82 Å². The summed E-state index contributed by atoms with van der Waals surface area (Å²) < 4.78 is 2.31. The summed E-state index contributed by atoms with van der Waals surface area (Å²) in [5.74, 6) is 0.106. The highest BCUT2D eigenvalue weighted by atomic mass is 79.9. The third-order valence-electron chi connectivity index (χ3n) is 2.93. The van der Waals surface area contributed by atoms with Crippen LogP contribution in [0.25, 0.3) is 0 Å². The number of pyridine rings is 1. The molecule has 0 atom stereocenters. The van der Waals surface area contributed by atoms with Crippen molar-refractivity contribution in [3.63, 3.8) is 0 Å². The van der Waals surface area contributed by atoms with Crippen molar-refractivity contribution in [1.82, 2.24) is 19.7 Å². The fourth-order valence-corrected chi connectivity index (χ4v) is 2.04. The number of anilines is 1. The molecule has 0 aliphatic heterocycles. The lowest BCUT2D eigenvalue weighted by Crippen LogP contribution is -2.32. The minimum atomic E-state index is -0.543. The standard InChI is InChI=1S/C13H15BrN6O3/c1-18(6-7-19-5-4-12(17-19)20(22)23)9-13(21)16-11-3-2-10(14)8-15-11/h2-5,8H,6-7,9H2,1H3,(H,15,16,21). The fraction of sp³-hybridized carbons (Fsp3) is 0.308. The molecular weight excluding hydrogens is 368 g/mol. The van der Waals surface area contributed by atoms with Crippen molar-refractivity contribution in [1.29, 1.82) is 0 Å². The van der Waals surface area contributed by atoms with Gasteiger partial charge in [-0.3, -0.25) is 9.69 Å². The number of rotatable bonds is 7. The van der Waals surface area contributed by atoms with Gasteiger partial charge in [0, 0.05) is 17.2 Å². The van der Waals surface area contributed by atoms with Crippen LogP contribution in [-0.4, -0.2) is 50.6 Å². The quantitative estimate of drug-likeness (QED) is 0.574. The van der Waals surface area contributed by atoms with Crippen LogP contribution < -0.4 is 5.32 Å². The summed E-state index contributed by atoms with van der Waals surface area (Å²) in [6.45, 7) is 1.16. The Morgan fingerprint density at radius 1 is 1.48 bits per heavy atom. The molecule has 0 aromatic carbocycles. The van der Waals surface area contributed by atoms with Gasteiger partial charge < -0.3 is 15.4 Å². The molecule has 0 aliphatic carbocycles. The number of aromatic nitrogens is 3.